The van der Waals surface area contributed by atoms with Crippen LogP contribution in [0.3, 0.4) is 0 Å². The number of nitrogens with zero attached hydrogens (tertiary/aromatic N) is 1. The summed E-state index contributed by atoms with van der Waals surface area (Å²) in [6, 6.07) is 14.5. The predicted molar refractivity (Wildman–Crippen MR) is 155 cm³/mol. The zero-order valence-electron chi connectivity index (χ0n) is 21.3. The normalized spacial score (nSPS) is 29.5. The van der Waals surface area contributed by atoms with Gasteiger partial charge in [-0.25, -0.2) is 0 Å². The summed E-state index contributed by atoms with van der Waals surface area (Å²) in [6.07, 6.45) is -0.925. The van der Waals surface area contributed by atoms with Crippen molar-refractivity contribution in [2.45, 2.75) is 24.5 Å². The summed E-state index contributed by atoms with van der Waals surface area (Å²) in [5, 5.41) is 0. The number of carbonyl (C=O) groups excluding carboxylic acids is 4. The van der Waals surface area contributed by atoms with E-state index in [0.29, 0.717) is 29.2 Å². The minimum atomic E-state index is -2.03. The molecule has 0 amide bonds. The molecule has 2 saturated heterocycles. The number of halogens is 2. The summed E-state index contributed by atoms with van der Waals surface area (Å²) in [5.74, 6) is -5.01. The smallest absolute Gasteiger partial charge is 0.214 e. The van der Waals surface area contributed by atoms with Crippen molar-refractivity contribution in [1.29, 1.82) is 0 Å². The molecule has 2 aromatic carbocycles. The first kappa shape index (κ1) is 26.4. The number of Topliss-reactive ketones (excluding diaryl/α,β-unsaturated/α-hetero) is 4. The van der Waals surface area contributed by atoms with E-state index in [0.717, 1.165) is 32.6 Å². The molecule has 10 heteroatoms. The van der Waals surface area contributed by atoms with Crippen molar-refractivity contribution >= 4 is 72.0 Å². The van der Waals surface area contributed by atoms with Gasteiger partial charge in [0, 0.05) is 38.2 Å². The molecule has 204 valence electrons. The van der Waals surface area contributed by atoms with Crippen molar-refractivity contribution in [3.8, 4) is 0 Å². The number of ketones is 4. The molecule has 0 N–H and O–H groups in total. The molecule has 3 fully saturated rings. The lowest BCUT2D eigenvalue weighted by molar-refractivity contribution is -0.129. The first-order valence-electron chi connectivity index (χ1n) is 13.1. The Labute approximate surface area is 251 Å². The van der Waals surface area contributed by atoms with Gasteiger partial charge in [0.1, 0.15) is 5.92 Å². The van der Waals surface area contributed by atoms with Gasteiger partial charge < -0.3 is 14.4 Å². The Morgan fingerprint density at radius 3 is 2.25 bits per heavy atom. The highest BCUT2D eigenvalue weighted by Gasteiger charge is 2.75. The molecule has 2 aliphatic carbocycles. The number of hydrogen-bond acceptors (Lipinski definition) is 8. The maximum absolute atomic E-state index is 14.2. The Morgan fingerprint density at radius 2 is 1.57 bits per heavy atom. The van der Waals surface area contributed by atoms with Crippen LogP contribution in [0.15, 0.2) is 57.5 Å². The number of aryl methyl sites for hydroxylation is 1. The summed E-state index contributed by atoms with van der Waals surface area (Å²) in [5.41, 5.74) is 0.430. The fraction of sp³-hybridized carbons (Fsp3) is 0.333. The first-order chi connectivity index (χ1) is 19.2. The zero-order valence-corrected chi connectivity index (χ0v) is 25.3. The van der Waals surface area contributed by atoms with Gasteiger partial charge in [-0.1, -0.05) is 18.2 Å². The highest BCUT2D eigenvalue weighted by Crippen LogP contribution is 2.60. The number of morpholine rings is 1. The molecule has 0 radical (unpaired) electrons. The SMILES string of the molecule is Cc1cc2c(s1)C(=O)C1(OC(c3ccc(Br)c(Br)c3)C3C(=O)C(c4ccc(N5CCOCC5)cc4)C(=O)C31)C2=O. The largest absolute Gasteiger partial charge is 0.378 e. The standard InChI is InChI=1S/C30H23Br2NO6S/c1-14-12-18-27(40-14)29(37)30(28(18)36)23-22(26(39-30)16-4-7-19(31)20(32)13-16)24(34)21(25(23)35)15-2-5-17(6-3-15)33-8-10-38-11-9-33/h2-7,12-13,21-23,26H,8-11H2,1H3. The molecule has 1 saturated carbocycles. The average molecular weight is 685 g/mol. The second-order valence-corrected chi connectivity index (χ2v) is 13.6. The molecule has 3 aromatic rings. The molecular weight excluding hydrogens is 662 g/mol. The van der Waals surface area contributed by atoms with Gasteiger partial charge in [0.2, 0.25) is 17.2 Å². The lowest BCUT2D eigenvalue weighted by atomic mass is 9.77. The molecule has 1 aromatic heterocycles. The van der Waals surface area contributed by atoms with E-state index in [1.54, 1.807) is 18.2 Å². The van der Waals surface area contributed by atoms with Crippen LogP contribution in [0.5, 0.6) is 0 Å². The van der Waals surface area contributed by atoms with Gasteiger partial charge >= 0.3 is 0 Å². The lowest BCUT2D eigenvalue weighted by Gasteiger charge is -2.29. The summed E-state index contributed by atoms with van der Waals surface area (Å²) >= 11 is 8.20. The highest BCUT2D eigenvalue weighted by molar-refractivity contribution is 9.13. The van der Waals surface area contributed by atoms with E-state index in [2.05, 4.69) is 36.8 Å². The third-order valence-electron chi connectivity index (χ3n) is 8.50. The molecule has 40 heavy (non-hydrogen) atoms. The Balaban J connectivity index is 1.32. The highest BCUT2D eigenvalue weighted by atomic mass is 79.9. The Bertz CT molecular complexity index is 1580. The molecule has 3 heterocycles. The van der Waals surface area contributed by atoms with E-state index in [1.165, 1.54) is 11.3 Å². The number of thiophene rings is 1. The maximum atomic E-state index is 14.2. The van der Waals surface area contributed by atoms with E-state index in [9.17, 15) is 19.2 Å². The van der Waals surface area contributed by atoms with Gasteiger partial charge in [0.05, 0.1) is 36.0 Å². The number of rotatable bonds is 3. The Morgan fingerprint density at radius 1 is 0.875 bits per heavy atom. The monoisotopic (exact) mass is 683 g/mol. The number of fused-ring (bicyclic) bond motifs is 3. The van der Waals surface area contributed by atoms with Crippen LogP contribution in [0.2, 0.25) is 0 Å². The quantitative estimate of drug-likeness (QED) is 0.338. The lowest BCUT2D eigenvalue weighted by Crippen LogP contribution is -2.49. The van der Waals surface area contributed by atoms with E-state index in [4.69, 9.17) is 9.47 Å². The van der Waals surface area contributed by atoms with Crippen LogP contribution in [0.4, 0.5) is 5.69 Å². The summed E-state index contributed by atoms with van der Waals surface area (Å²) in [7, 11) is 0. The van der Waals surface area contributed by atoms with Crippen molar-refractivity contribution in [1.82, 2.24) is 0 Å². The predicted octanol–water partition coefficient (Wildman–Crippen LogP) is 5.48. The number of carbonyl (C=O) groups is 4. The minimum absolute atomic E-state index is 0.280. The summed E-state index contributed by atoms with van der Waals surface area (Å²) in [6.45, 7) is 4.66. The van der Waals surface area contributed by atoms with Crippen molar-refractivity contribution < 1.29 is 28.7 Å². The molecule has 5 unspecified atom stereocenters. The topological polar surface area (TPSA) is 90.0 Å². The second kappa shape index (κ2) is 9.52. The molecule has 2 aliphatic heterocycles. The van der Waals surface area contributed by atoms with Crippen molar-refractivity contribution in [3.05, 3.63) is 83.9 Å². The second-order valence-electron chi connectivity index (χ2n) is 10.6. The number of ether oxygens (including phenoxy) is 2. The van der Waals surface area contributed by atoms with Crippen molar-refractivity contribution in [2.75, 3.05) is 31.2 Å². The van der Waals surface area contributed by atoms with Gasteiger partial charge in [-0.3, -0.25) is 19.2 Å². The van der Waals surface area contributed by atoms with E-state index in [-0.39, 0.29) is 11.3 Å². The Hall–Kier alpha value is -2.50. The van der Waals surface area contributed by atoms with Gasteiger partial charge in [0.25, 0.3) is 0 Å². The minimum Gasteiger partial charge on any atom is -0.378 e. The van der Waals surface area contributed by atoms with Crippen LogP contribution >= 0.6 is 43.2 Å². The van der Waals surface area contributed by atoms with Gasteiger partial charge in [-0.05, 0) is 80.2 Å². The molecule has 1 spiro atoms. The molecular formula is C30H23Br2NO6S. The fourth-order valence-corrected chi connectivity index (χ4v) is 8.33. The van der Waals surface area contributed by atoms with Crippen LogP contribution in [0, 0.1) is 18.8 Å². The van der Waals surface area contributed by atoms with Crippen molar-refractivity contribution in [2.24, 2.45) is 11.8 Å². The van der Waals surface area contributed by atoms with Gasteiger partial charge in [0.15, 0.2) is 11.6 Å². The van der Waals surface area contributed by atoms with Crippen LogP contribution in [0.25, 0.3) is 0 Å². The van der Waals surface area contributed by atoms with E-state index < -0.39 is 46.8 Å². The molecule has 7 rings (SSSR count). The van der Waals surface area contributed by atoms with Crippen LogP contribution in [-0.2, 0) is 19.1 Å². The molecule has 4 aliphatic rings. The molecule has 7 nitrogen and oxygen atoms in total. The van der Waals surface area contributed by atoms with Crippen LogP contribution in [0.1, 0.15) is 48.1 Å². The zero-order chi connectivity index (χ0) is 27.9. The fourth-order valence-electron chi connectivity index (χ4n) is 6.68. The third kappa shape index (κ3) is 3.66. The van der Waals surface area contributed by atoms with Crippen LogP contribution < -0.4 is 4.90 Å². The average Bonchev–Trinajstić information content (AvgIpc) is 3.65. The number of hydrogen-bond donors (Lipinski definition) is 0. The van der Waals surface area contributed by atoms with Gasteiger partial charge in [-0.15, -0.1) is 11.3 Å². The summed E-state index contributed by atoms with van der Waals surface area (Å²) < 4.78 is 13.4. The van der Waals surface area contributed by atoms with Gasteiger partial charge in [-0.2, -0.15) is 0 Å². The van der Waals surface area contributed by atoms with E-state index in [1.807, 2.05) is 37.3 Å². The van der Waals surface area contributed by atoms with Crippen molar-refractivity contribution in [3.63, 3.8) is 0 Å². The Kier molecular flexibility index (Phi) is 6.29. The number of anilines is 1. The molecule has 5 atom stereocenters. The number of benzene rings is 2. The third-order valence-corrected chi connectivity index (χ3v) is 11.4. The summed E-state index contributed by atoms with van der Waals surface area (Å²) in [4.78, 5) is 59.7. The molecule has 0 bridgehead atoms. The first-order valence-corrected chi connectivity index (χ1v) is 15.5. The van der Waals surface area contributed by atoms with Crippen LogP contribution in [-0.4, -0.2) is 55.0 Å². The maximum Gasteiger partial charge on any atom is 0.214 e. The van der Waals surface area contributed by atoms with E-state index >= 15 is 0 Å².